The molecule has 0 aromatic carbocycles. The minimum absolute atomic E-state index is 0.144. The molecule has 26 heavy (non-hydrogen) atoms. The molecule has 0 aromatic rings. The molecule has 1 unspecified atom stereocenters. The molecule has 0 amide bonds. The number of nitrogens with zero attached hydrogens (tertiary/aromatic N) is 1. The summed E-state index contributed by atoms with van der Waals surface area (Å²) in [7, 11) is 5.75. The molecule has 148 valence electrons. The first-order chi connectivity index (χ1) is 12.2. The van der Waals surface area contributed by atoms with E-state index in [9.17, 15) is 14.7 Å². The third-order valence-corrected chi connectivity index (χ3v) is 3.50. The fourth-order valence-electron chi connectivity index (χ4n) is 2.34. The molecule has 0 bridgehead atoms. The molecule has 0 fully saturated rings. The molecule has 0 saturated carbocycles. The van der Waals surface area contributed by atoms with Crippen LogP contribution in [-0.4, -0.2) is 50.2 Å². The molecule has 5 nitrogen and oxygen atoms in total. The number of quaternary nitrogens is 1. The summed E-state index contributed by atoms with van der Waals surface area (Å²) in [6, 6.07) is 0. The summed E-state index contributed by atoms with van der Waals surface area (Å²) in [5.41, 5.74) is 0. The van der Waals surface area contributed by atoms with Gasteiger partial charge in [-0.25, -0.2) is 0 Å². The lowest BCUT2D eigenvalue weighted by Gasteiger charge is -2.29. The zero-order valence-corrected chi connectivity index (χ0v) is 16.8. The Labute approximate surface area is 158 Å². The van der Waals surface area contributed by atoms with Gasteiger partial charge in [0.2, 0.25) is 0 Å². The van der Waals surface area contributed by atoms with Gasteiger partial charge in [0.1, 0.15) is 6.54 Å². The minimum atomic E-state index is -1.21. The average Bonchev–Trinajstić information content (AvgIpc) is 2.50. The van der Waals surface area contributed by atoms with E-state index >= 15 is 0 Å². The summed E-state index contributed by atoms with van der Waals surface area (Å²) in [6.45, 7) is 2.61. The largest absolute Gasteiger partial charge is 0.550 e. The molecule has 1 atom stereocenters. The highest BCUT2D eigenvalue weighted by molar-refractivity contribution is 5.72. The molecule has 0 aliphatic carbocycles. The van der Waals surface area contributed by atoms with Crippen LogP contribution < -0.4 is 5.11 Å². The molecule has 0 aromatic heterocycles. The number of hydrogen-bond donors (Lipinski definition) is 0. The van der Waals surface area contributed by atoms with Crippen molar-refractivity contribution in [3.05, 3.63) is 36.5 Å². The van der Waals surface area contributed by atoms with Crippen molar-refractivity contribution < 1.29 is 23.9 Å². The number of hydrogen-bond acceptors (Lipinski definition) is 4. The molecule has 0 N–H and O–H groups in total. The third-order valence-electron chi connectivity index (χ3n) is 3.50. The highest BCUT2D eigenvalue weighted by atomic mass is 16.5. The molecule has 0 saturated heterocycles. The molecule has 0 aliphatic heterocycles. The summed E-state index contributed by atoms with van der Waals surface area (Å²) >= 11 is 0. The quantitative estimate of drug-likeness (QED) is 0.205. The number of allylic oxidation sites excluding steroid dienone is 5. The number of likely N-dealkylation sites (N-methyl/N-ethyl adjacent to an activating group) is 1. The van der Waals surface area contributed by atoms with Crippen molar-refractivity contribution in [2.24, 2.45) is 0 Å². The van der Waals surface area contributed by atoms with Gasteiger partial charge in [-0.1, -0.05) is 56.2 Å². The smallest absolute Gasteiger partial charge is 0.310 e. The predicted octanol–water partition coefficient (Wildman–Crippen LogP) is 2.77. The highest BCUT2D eigenvalue weighted by Crippen LogP contribution is 2.06. The fourth-order valence-corrected chi connectivity index (χ4v) is 2.34. The van der Waals surface area contributed by atoms with Gasteiger partial charge in [0.05, 0.1) is 27.6 Å². The van der Waals surface area contributed by atoms with E-state index < -0.39 is 18.0 Å². The second-order valence-electron chi connectivity index (χ2n) is 7.39. The van der Waals surface area contributed by atoms with Crippen molar-refractivity contribution in [2.45, 2.75) is 58.0 Å². The van der Waals surface area contributed by atoms with Crippen molar-refractivity contribution in [2.75, 3.05) is 27.7 Å². The van der Waals surface area contributed by atoms with E-state index in [0.717, 1.165) is 19.3 Å². The normalized spacial score (nSPS) is 13.7. The molecule has 0 rings (SSSR count). The van der Waals surface area contributed by atoms with Crippen LogP contribution in [-0.2, 0) is 14.3 Å². The Balaban J connectivity index is 4.08. The van der Waals surface area contributed by atoms with Crippen LogP contribution in [0.5, 0.6) is 0 Å². The number of ether oxygens (including phenoxy) is 1. The molecular weight excluding hydrogens is 330 g/mol. The number of carboxylic acids is 1. The van der Waals surface area contributed by atoms with Crippen LogP contribution in [0.4, 0.5) is 0 Å². The van der Waals surface area contributed by atoms with E-state index in [1.165, 1.54) is 12.8 Å². The van der Waals surface area contributed by atoms with Crippen LogP contribution in [0, 0.1) is 0 Å². The van der Waals surface area contributed by atoms with Crippen molar-refractivity contribution in [1.29, 1.82) is 0 Å². The summed E-state index contributed by atoms with van der Waals surface area (Å²) in [5, 5.41) is 10.8. The molecule has 5 heteroatoms. The van der Waals surface area contributed by atoms with E-state index in [-0.39, 0.29) is 12.8 Å². The number of carboxylic acid groups (broad SMARTS) is 1. The van der Waals surface area contributed by atoms with E-state index in [4.69, 9.17) is 4.74 Å². The monoisotopic (exact) mass is 365 g/mol. The molecule has 0 spiro atoms. The van der Waals surface area contributed by atoms with Crippen LogP contribution in [0.15, 0.2) is 36.5 Å². The van der Waals surface area contributed by atoms with Gasteiger partial charge in [-0.15, -0.1) is 0 Å². The summed E-state index contributed by atoms with van der Waals surface area (Å²) < 4.78 is 5.79. The Morgan fingerprint density at radius 1 is 1.00 bits per heavy atom. The number of aliphatic carboxylic acids is 1. The van der Waals surface area contributed by atoms with Gasteiger partial charge < -0.3 is 19.1 Å². The first-order valence-electron chi connectivity index (χ1n) is 9.39. The van der Waals surface area contributed by atoms with Gasteiger partial charge in [0, 0.05) is 12.4 Å². The molecule has 0 heterocycles. The standard InChI is InChI=1S/C21H35NO4/c1-5-6-7-8-9-10-11-12-13-14-15-16-21(25)26-19(17-20(23)24)18-22(2,3)4/h8-9,11-12,14-15,19H,5-7,10,13,16-18H2,1-4H3/b9-8+,12-11+,15-14+. The zero-order chi connectivity index (χ0) is 19.8. The highest BCUT2D eigenvalue weighted by Gasteiger charge is 2.21. The first-order valence-corrected chi connectivity index (χ1v) is 9.39. The van der Waals surface area contributed by atoms with Crippen molar-refractivity contribution in [3.8, 4) is 0 Å². The van der Waals surface area contributed by atoms with Crippen molar-refractivity contribution >= 4 is 11.9 Å². The van der Waals surface area contributed by atoms with E-state index in [2.05, 4.69) is 31.2 Å². The molecule has 0 radical (unpaired) electrons. The zero-order valence-electron chi connectivity index (χ0n) is 16.8. The van der Waals surface area contributed by atoms with Gasteiger partial charge in [0.15, 0.2) is 6.10 Å². The predicted molar refractivity (Wildman–Crippen MR) is 103 cm³/mol. The van der Waals surface area contributed by atoms with Crippen LogP contribution in [0.25, 0.3) is 0 Å². The first kappa shape index (κ1) is 24.1. The second kappa shape index (κ2) is 14.3. The van der Waals surface area contributed by atoms with Crippen molar-refractivity contribution in [1.82, 2.24) is 0 Å². The molecular formula is C21H35NO4. The van der Waals surface area contributed by atoms with Crippen molar-refractivity contribution in [3.63, 3.8) is 0 Å². The number of esters is 1. The number of carbonyl (C=O) groups excluding carboxylic acids is 2. The van der Waals surface area contributed by atoms with Gasteiger partial charge in [-0.2, -0.15) is 0 Å². The third kappa shape index (κ3) is 17.0. The summed E-state index contributed by atoms with van der Waals surface area (Å²) in [4.78, 5) is 22.7. The Bertz CT molecular complexity index is 487. The average molecular weight is 366 g/mol. The maximum absolute atomic E-state index is 11.9. The number of unbranched alkanes of at least 4 members (excludes halogenated alkanes) is 2. The number of rotatable bonds is 14. The fraction of sp³-hybridized carbons (Fsp3) is 0.619. The topological polar surface area (TPSA) is 66.4 Å². The van der Waals surface area contributed by atoms with E-state index in [1.54, 1.807) is 6.08 Å². The van der Waals surface area contributed by atoms with E-state index in [0.29, 0.717) is 11.0 Å². The Kier molecular flexibility index (Phi) is 13.3. The maximum Gasteiger partial charge on any atom is 0.310 e. The van der Waals surface area contributed by atoms with Gasteiger partial charge in [-0.3, -0.25) is 4.79 Å². The van der Waals surface area contributed by atoms with Gasteiger partial charge >= 0.3 is 5.97 Å². The van der Waals surface area contributed by atoms with Crippen LogP contribution >= 0.6 is 0 Å². The SMILES string of the molecule is CCCC/C=C/C/C=C/C/C=C/CC(=O)OC(CC(=O)[O-])C[N+](C)(C)C. The summed E-state index contributed by atoms with van der Waals surface area (Å²) in [5.74, 6) is -1.62. The van der Waals surface area contributed by atoms with E-state index in [1.807, 2.05) is 27.2 Å². The van der Waals surface area contributed by atoms with Gasteiger partial charge in [-0.05, 0) is 19.3 Å². The number of carbonyl (C=O) groups is 2. The van der Waals surface area contributed by atoms with Gasteiger partial charge in [0.25, 0.3) is 0 Å². The van der Waals surface area contributed by atoms with Crippen LogP contribution in [0.3, 0.4) is 0 Å². The summed E-state index contributed by atoms with van der Waals surface area (Å²) in [6.07, 6.45) is 16.7. The lowest BCUT2D eigenvalue weighted by molar-refractivity contribution is -0.873. The Morgan fingerprint density at radius 2 is 1.58 bits per heavy atom. The lowest BCUT2D eigenvalue weighted by atomic mass is 10.2. The van der Waals surface area contributed by atoms with Crippen LogP contribution in [0.2, 0.25) is 0 Å². The minimum Gasteiger partial charge on any atom is -0.550 e. The lowest BCUT2D eigenvalue weighted by Crippen LogP contribution is -2.45. The second-order valence-corrected chi connectivity index (χ2v) is 7.39. The Morgan fingerprint density at radius 3 is 2.12 bits per heavy atom. The Hall–Kier alpha value is -1.88. The maximum atomic E-state index is 11.9. The van der Waals surface area contributed by atoms with Crippen LogP contribution in [0.1, 0.15) is 51.9 Å². The molecule has 0 aliphatic rings.